The lowest BCUT2D eigenvalue weighted by Gasteiger charge is -2.75. The molecule has 7 nitrogen and oxygen atoms in total. The molecule has 4 aliphatic carbocycles. The zero-order chi connectivity index (χ0) is 22.6. The Hall–Kier alpha value is -1.44. The Bertz CT molecular complexity index is 851. The van der Waals surface area contributed by atoms with Crippen molar-refractivity contribution in [3.8, 4) is 0 Å². The van der Waals surface area contributed by atoms with E-state index in [0.29, 0.717) is 12.2 Å². The van der Waals surface area contributed by atoms with Crippen LogP contribution in [0.4, 0.5) is 0 Å². The van der Waals surface area contributed by atoms with Crippen LogP contribution in [0.15, 0.2) is 12.2 Å². The first kappa shape index (κ1) is 21.4. The Morgan fingerprint density at radius 1 is 1.13 bits per heavy atom. The van der Waals surface area contributed by atoms with E-state index >= 15 is 0 Å². The summed E-state index contributed by atoms with van der Waals surface area (Å²) in [5.41, 5.74) is -1.26. The average Bonchev–Trinajstić information content (AvgIpc) is 2.77. The van der Waals surface area contributed by atoms with Crippen molar-refractivity contribution in [3.63, 3.8) is 0 Å². The number of hydrogen-bond acceptors (Lipinski definition) is 7. The van der Waals surface area contributed by atoms with Gasteiger partial charge in [-0.05, 0) is 42.6 Å². The van der Waals surface area contributed by atoms with E-state index in [9.17, 15) is 19.8 Å². The van der Waals surface area contributed by atoms with Crippen molar-refractivity contribution in [2.45, 2.75) is 83.9 Å². The van der Waals surface area contributed by atoms with E-state index in [1.165, 1.54) is 13.8 Å². The first-order chi connectivity index (χ1) is 14.4. The van der Waals surface area contributed by atoms with E-state index in [1.54, 1.807) is 0 Å². The number of aliphatic hydroxyl groups is 2. The van der Waals surface area contributed by atoms with E-state index in [-0.39, 0.29) is 28.6 Å². The summed E-state index contributed by atoms with van der Waals surface area (Å²) in [7, 11) is 0. The molecule has 0 radical (unpaired) electrons. The largest absolute Gasteiger partial charge is 0.457 e. The molecule has 31 heavy (non-hydrogen) atoms. The van der Waals surface area contributed by atoms with Crippen molar-refractivity contribution in [2.24, 2.45) is 34.0 Å². The topological polar surface area (TPSA) is 102 Å². The Morgan fingerprint density at radius 2 is 1.81 bits per heavy atom. The Morgan fingerprint density at radius 3 is 2.45 bits per heavy atom. The van der Waals surface area contributed by atoms with Crippen LogP contribution in [0.25, 0.3) is 0 Å². The van der Waals surface area contributed by atoms with Crippen molar-refractivity contribution in [1.82, 2.24) is 0 Å². The molecular formula is C24H34O7. The molecule has 6 rings (SSSR count). The second kappa shape index (κ2) is 6.33. The summed E-state index contributed by atoms with van der Waals surface area (Å²) in [5, 5.41) is 24.0. The van der Waals surface area contributed by atoms with E-state index in [2.05, 4.69) is 20.4 Å². The molecule has 0 aromatic rings. The minimum atomic E-state index is -1.97. The van der Waals surface area contributed by atoms with Gasteiger partial charge in [-0.2, -0.15) is 0 Å². The van der Waals surface area contributed by atoms with Gasteiger partial charge in [-0.25, -0.2) is 0 Å². The van der Waals surface area contributed by atoms with Crippen LogP contribution in [0.2, 0.25) is 0 Å². The van der Waals surface area contributed by atoms with E-state index in [4.69, 9.17) is 14.2 Å². The lowest BCUT2D eigenvalue weighted by atomic mass is 9.36. The monoisotopic (exact) mass is 434 g/mol. The van der Waals surface area contributed by atoms with Crippen LogP contribution < -0.4 is 0 Å². The van der Waals surface area contributed by atoms with E-state index in [1.807, 2.05) is 0 Å². The average molecular weight is 435 g/mol. The standard InChI is InChI=1S/C24H34O7/c1-12-15-7-8-16-22-10-6-9-21(4,5)17(22)20(31-14(3)26)24(28,29-11-22)23(16,18(15)27)19(12)30-13(2)25/h15-20,27-28H,1,6-11H2,2-5H3/t15-,16-,17+,18+,19+,20-,22+,23+,24+/m0/s1. The summed E-state index contributed by atoms with van der Waals surface area (Å²) >= 11 is 0. The van der Waals surface area contributed by atoms with Gasteiger partial charge in [-0.15, -0.1) is 0 Å². The van der Waals surface area contributed by atoms with E-state index in [0.717, 1.165) is 32.1 Å². The fourth-order valence-electron chi connectivity index (χ4n) is 8.84. The third kappa shape index (κ3) is 2.30. The fourth-order valence-corrected chi connectivity index (χ4v) is 8.84. The molecule has 2 spiro atoms. The lowest BCUT2D eigenvalue weighted by Crippen LogP contribution is -2.84. The van der Waals surface area contributed by atoms with Crippen molar-refractivity contribution in [1.29, 1.82) is 0 Å². The molecule has 4 bridgehead atoms. The molecule has 172 valence electrons. The zero-order valence-corrected chi connectivity index (χ0v) is 18.8. The Labute approximate surface area is 183 Å². The highest BCUT2D eigenvalue weighted by Gasteiger charge is 2.86. The van der Waals surface area contributed by atoms with Gasteiger partial charge in [0.25, 0.3) is 0 Å². The molecule has 7 heteroatoms. The van der Waals surface area contributed by atoms with Gasteiger partial charge in [0.1, 0.15) is 6.10 Å². The number of carbonyl (C=O) groups excluding carboxylic acids is 2. The van der Waals surface area contributed by atoms with E-state index < -0.39 is 41.5 Å². The first-order valence-corrected chi connectivity index (χ1v) is 11.5. The Balaban J connectivity index is 1.78. The quantitative estimate of drug-likeness (QED) is 0.508. The van der Waals surface area contributed by atoms with Crippen LogP contribution in [0.5, 0.6) is 0 Å². The highest BCUT2D eigenvalue weighted by atomic mass is 16.7. The molecule has 0 aromatic heterocycles. The fraction of sp³-hybridized carbons (Fsp3) is 0.833. The molecule has 9 atom stereocenters. The van der Waals surface area contributed by atoms with Crippen molar-refractivity contribution >= 4 is 11.9 Å². The highest BCUT2D eigenvalue weighted by Crippen LogP contribution is 2.78. The highest BCUT2D eigenvalue weighted by molar-refractivity contribution is 5.67. The summed E-state index contributed by atoms with van der Waals surface area (Å²) < 4.78 is 17.9. The van der Waals surface area contributed by atoms with Crippen LogP contribution in [0, 0.1) is 34.0 Å². The maximum atomic E-state index is 12.3. The molecule has 0 aromatic carbocycles. The maximum absolute atomic E-state index is 12.3. The molecule has 2 saturated heterocycles. The van der Waals surface area contributed by atoms with Crippen molar-refractivity contribution in [3.05, 3.63) is 12.2 Å². The minimum absolute atomic E-state index is 0.123. The molecule has 4 saturated carbocycles. The number of carbonyl (C=O) groups is 2. The predicted octanol–water partition coefficient (Wildman–Crippen LogP) is 2.34. The van der Waals surface area contributed by atoms with Crippen LogP contribution >= 0.6 is 0 Å². The first-order valence-electron chi connectivity index (χ1n) is 11.5. The normalized spacial score (nSPS) is 51.6. The molecule has 6 aliphatic rings. The number of fused-ring (bicyclic) bond motifs is 2. The molecule has 0 amide bonds. The van der Waals surface area contributed by atoms with Crippen LogP contribution in [-0.2, 0) is 23.8 Å². The van der Waals surface area contributed by atoms with Gasteiger partial charge < -0.3 is 24.4 Å². The summed E-state index contributed by atoms with van der Waals surface area (Å²) in [4.78, 5) is 24.3. The summed E-state index contributed by atoms with van der Waals surface area (Å²) in [6, 6.07) is 0. The number of ether oxygens (including phenoxy) is 3. The van der Waals surface area contributed by atoms with Gasteiger partial charge in [-0.3, -0.25) is 9.59 Å². The number of rotatable bonds is 2. The minimum Gasteiger partial charge on any atom is -0.457 e. The SMILES string of the molecule is C=C1[C@@H](OC(C)=O)[C@]23[C@H](O)[C@H]1CC[C@H]2[C@]12CCCC(C)(C)[C@H]1[C@H](OC(C)=O)[C@@]3(O)OC2. The lowest BCUT2D eigenvalue weighted by molar-refractivity contribution is -0.467. The molecular weight excluding hydrogens is 400 g/mol. The van der Waals surface area contributed by atoms with Gasteiger partial charge in [-0.1, -0.05) is 26.8 Å². The number of hydrogen-bond donors (Lipinski definition) is 2. The zero-order valence-electron chi connectivity index (χ0n) is 18.8. The Kier molecular flexibility index (Phi) is 4.37. The van der Waals surface area contributed by atoms with Crippen molar-refractivity contribution in [2.75, 3.05) is 6.61 Å². The molecule has 0 unspecified atom stereocenters. The second-order valence-electron chi connectivity index (χ2n) is 11.2. The van der Waals surface area contributed by atoms with Crippen molar-refractivity contribution < 1.29 is 34.0 Å². The van der Waals surface area contributed by atoms with Crippen LogP contribution in [0.3, 0.4) is 0 Å². The summed E-state index contributed by atoms with van der Waals surface area (Å²) in [6.07, 6.45) is 1.48. The van der Waals surface area contributed by atoms with Gasteiger partial charge >= 0.3 is 11.9 Å². The predicted molar refractivity (Wildman–Crippen MR) is 109 cm³/mol. The number of esters is 2. The van der Waals surface area contributed by atoms with Gasteiger partial charge in [0.2, 0.25) is 5.79 Å². The molecule has 6 fully saturated rings. The smallest absolute Gasteiger partial charge is 0.303 e. The number of aliphatic hydroxyl groups excluding tert-OH is 1. The van der Waals surface area contributed by atoms with Crippen LogP contribution in [-0.4, -0.2) is 52.9 Å². The molecule has 2 heterocycles. The molecule has 2 N–H and O–H groups in total. The third-order valence-corrected chi connectivity index (χ3v) is 9.53. The summed E-state index contributed by atoms with van der Waals surface area (Å²) in [5.74, 6) is -3.51. The molecule has 2 aliphatic heterocycles. The van der Waals surface area contributed by atoms with Gasteiger partial charge in [0.15, 0.2) is 6.10 Å². The van der Waals surface area contributed by atoms with Gasteiger partial charge in [0.05, 0.1) is 18.1 Å². The van der Waals surface area contributed by atoms with Crippen LogP contribution in [0.1, 0.15) is 59.8 Å². The summed E-state index contributed by atoms with van der Waals surface area (Å²) in [6.45, 7) is 11.5. The maximum Gasteiger partial charge on any atom is 0.303 e. The second-order valence-corrected chi connectivity index (χ2v) is 11.2. The van der Waals surface area contributed by atoms with Gasteiger partial charge in [0, 0.05) is 31.1 Å². The third-order valence-electron chi connectivity index (χ3n) is 9.53.